The Hall–Kier alpha value is -0.410. The van der Waals surface area contributed by atoms with E-state index in [2.05, 4.69) is 24.2 Å². The van der Waals surface area contributed by atoms with Crippen molar-refractivity contribution in [3.05, 3.63) is 0 Å². The Morgan fingerprint density at radius 1 is 1.67 bits per heavy atom. The molecule has 0 saturated carbocycles. The maximum Gasteiger partial charge on any atom is 0.0883 e. The second-order valence-corrected chi connectivity index (χ2v) is 2.12. The van der Waals surface area contributed by atoms with E-state index in [-0.39, 0.29) is 0 Å². The van der Waals surface area contributed by atoms with E-state index in [9.17, 15) is 0 Å². The first-order valence-electron chi connectivity index (χ1n) is 3.19. The maximum atomic E-state index is 5.17. The third kappa shape index (κ3) is 7.59. The van der Waals surface area contributed by atoms with E-state index in [1.807, 2.05) is 0 Å². The number of hydrogen-bond acceptors (Lipinski definition) is 3. The molecule has 0 rings (SSSR count). The van der Waals surface area contributed by atoms with Gasteiger partial charge in [-0.25, -0.2) is 0 Å². The van der Waals surface area contributed by atoms with Crippen LogP contribution in [0.25, 0.3) is 0 Å². The van der Waals surface area contributed by atoms with Crippen LogP contribution in [0.4, 0.5) is 0 Å². The molecule has 0 aromatic rings. The third-order valence-electron chi connectivity index (χ3n) is 0.825. The topological polar surface area (TPSA) is 50.4 Å². The van der Waals surface area contributed by atoms with Gasteiger partial charge >= 0.3 is 0 Å². The van der Waals surface area contributed by atoms with Crippen LogP contribution in [-0.2, 0) is 0 Å². The molecule has 54 valence electrons. The van der Waals surface area contributed by atoms with Crippen molar-refractivity contribution in [1.82, 2.24) is 5.32 Å². The number of aliphatic imine (C=N–C) groups is 1. The van der Waals surface area contributed by atoms with Gasteiger partial charge in [0.2, 0.25) is 0 Å². The summed E-state index contributed by atoms with van der Waals surface area (Å²) in [6, 6.07) is 0.500. The summed E-state index contributed by atoms with van der Waals surface area (Å²) in [5.41, 5.74) is 5.17. The minimum atomic E-state index is 0.500. The van der Waals surface area contributed by atoms with E-state index >= 15 is 0 Å². The summed E-state index contributed by atoms with van der Waals surface area (Å²) < 4.78 is 0. The van der Waals surface area contributed by atoms with Crippen LogP contribution >= 0.6 is 0 Å². The molecule has 0 radical (unpaired) electrons. The summed E-state index contributed by atoms with van der Waals surface area (Å²) >= 11 is 0. The van der Waals surface area contributed by atoms with E-state index in [0.717, 1.165) is 0 Å². The van der Waals surface area contributed by atoms with Gasteiger partial charge < -0.3 is 5.73 Å². The zero-order valence-electron chi connectivity index (χ0n) is 6.09. The van der Waals surface area contributed by atoms with Crippen LogP contribution in [0.1, 0.15) is 13.8 Å². The predicted octanol–water partition coefficient (Wildman–Crippen LogP) is -0.0286. The molecule has 0 aliphatic carbocycles. The molecule has 0 atom stereocenters. The van der Waals surface area contributed by atoms with Crippen molar-refractivity contribution in [2.75, 3.05) is 13.2 Å². The molecule has 0 saturated heterocycles. The molecule has 3 heteroatoms. The van der Waals surface area contributed by atoms with Gasteiger partial charge in [0.25, 0.3) is 0 Å². The van der Waals surface area contributed by atoms with Crippen LogP contribution in [0, 0.1) is 0 Å². The normalized spacial score (nSPS) is 11.6. The summed E-state index contributed by atoms with van der Waals surface area (Å²) in [7, 11) is 0. The molecule has 0 aliphatic rings. The minimum Gasteiger partial charge on any atom is -0.326 e. The SMILES string of the molecule is CC(C)NCN=CCN. The van der Waals surface area contributed by atoms with Crippen molar-refractivity contribution >= 4 is 6.21 Å². The first-order valence-corrected chi connectivity index (χ1v) is 3.19. The Bertz CT molecular complexity index is 78.4. The van der Waals surface area contributed by atoms with Gasteiger partial charge in [-0.05, 0) is 13.8 Å². The van der Waals surface area contributed by atoms with Crippen LogP contribution in [0.3, 0.4) is 0 Å². The lowest BCUT2D eigenvalue weighted by Gasteiger charge is -2.02. The van der Waals surface area contributed by atoms with E-state index in [1.54, 1.807) is 6.21 Å². The number of nitrogens with two attached hydrogens (primary N) is 1. The monoisotopic (exact) mass is 129 g/mol. The van der Waals surface area contributed by atoms with Gasteiger partial charge in [0, 0.05) is 18.8 Å². The molecule has 0 fully saturated rings. The Kier molecular flexibility index (Phi) is 5.46. The highest BCUT2D eigenvalue weighted by Gasteiger charge is 1.85. The van der Waals surface area contributed by atoms with Crippen molar-refractivity contribution in [1.29, 1.82) is 0 Å². The zero-order valence-corrected chi connectivity index (χ0v) is 6.09. The van der Waals surface area contributed by atoms with Gasteiger partial charge in [-0.15, -0.1) is 0 Å². The van der Waals surface area contributed by atoms with Crippen LogP contribution in [0.2, 0.25) is 0 Å². The summed E-state index contributed by atoms with van der Waals surface area (Å²) in [6.07, 6.45) is 1.70. The van der Waals surface area contributed by atoms with Gasteiger partial charge in [-0.2, -0.15) is 0 Å². The molecule has 0 bridgehead atoms. The van der Waals surface area contributed by atoms with Gasteiger partial charge in [-0.3, -0.25) is 10.3 Å². The molecule has 0 aliphatic heterocycles. The first kappa shape index (κ1) is 8.59. The van der Waals surface area contributed by atoms with Crippen molar-refractivity contribution in [2.24, 2.45) is 10.7 Å². The Balaban J connectivity index is 2.99. The molecule has 0 heterocycles. The lowest BCUT2D eigenvalue weighted by molar-refractivity contribution is 0.604. The van der Waals surface area contributed by atoms with E-state index in [1.165, 1.54) is 0 Å². The standard InChI is InChI=1S/C6H15N3/c1-6(2)9-5-8-4-3-7/h4,6,9H,3,5,7H2,1-2H3. The zero-order chi connectivity index (χ0) is 7.11. The quantitative estimate of drug-likeness (QED) is 0.524. The fourth-order valence-corrected chi connectivity index (χ4v) is 0.374. The highest BCUT2D eigenvalue weighted by atomic mass is 15.0. The number of hydrogen-bond donors (Lipinski definition) is 2. The van der Waals surface area contributed by atoms with E-state index < -0.39 is 0 Å². The highest BCUT2D eigenvalue weighted by molar-refractivity contribution is 5.58. The van der Waals surface area contributed by atoms with E-state index in [0.29, 0.717) is 19.3 Å². The lowest BCUT2D eigenvalue weighted by Crippen LogP contribution is -2.22. The molecule has 3 nitrogen and oxygen atoms in total. The molecule has 0 aromatic heterocycles. The van der Waals surface area contributed by atoms with Gasteiger partial charge in [0.1, 0.15) is 0 Å². The molecular formula is C6H15N3. The molecule has 0 spiro atoms. The molecule has 0 amide bonds. The maximum absolute atomic E-state index is 5.17. The van der Waals surface area contributed by atoms with Crippen LogP contribution < -0.4 is 11.1 Å². The second-order valence-electron chi connectivity index (χ2n) is 2.12. The van der Waals surface area contributed by atoms with Crippen molar-refractivity contribution in [3.8, 4) is 0 Å². The Morgan fingerprint density at radius 3 is 2.78 bits per heavy atom. The first-order chi connectivity index (χ1) is 4.27. The minimum absolute atomic E-state index is 0.500. The van der Waals surface area contributed by atoms with Gasteiger partial charge in [0.05, 0.1) is 6.67 Å². The lowest BCUT2D eigenvalue weighted by atomic mass is 10.4. The van der Waals surface area contributed by atoms with Crippen molar-refractivity contribution in [2.45, 2.75) is 19.9 Å². The van der Waals surface area contributed by atoms with Gasteiger partial charge in [-0.1, -0.05) is 0 Å². The summed E-state index contributed by atoms with van der Waals surface area (Å²) in [5, 5.41) is 3.13. The van der Waals surface area contributed by atoms with Crippen molar-refractivity contribution < 1.29 is 0 Å². The fraction of sp³-hybridized carbons (Fsp3) is 0.833. The molecule has 0 unspecified atom stereocenters. The van der Waals surface area contributed by atoms with Crippen LogP contribution in [-0.4, -0.2) is 25.5 Å². The van der Waals surface area contributed by atoms with Gasteiger partial charge in [0.15, 0.2) is 0 Å². The average molecular weight is 129 g/mol. The van der Waals surface area contributed by atoms with Crippen LogP contribution in [0.15, 0.2) is 4.99 Å². The van der Waals surface area contributed by atoms with E-state index in [4.69, 9.17) is 5.73 Å². The smallest absolute Gasteiger partial charge is 0.0883 e. The number of nitrogens with zero attached hydrogens (tertiary/aromatic N) is 1. The molecule has 3 N–H and O–H groups in total. The van der Waals surface area contributed by atoms with Crippen molar-refractivity contribution in [3.63, 3.8) is 0 Å². The third-order valence-corrected chi connectivity index (χ3v) is 0.825. The Morgan fingerprint density at radius 2 is 2.33 bits per heavy atom. The average Bonchev–Trinajstić information content (AvgIpc) is 1.80. The number of rotatable bonds is 4. The molecule has 0 aromatic carbocycles. The fourth-order valence-electron chi connectivity index (χ4n) is 0.374. The summed E-state index contributed by atoms with van der Waals surface area (Å²) in [5.74, 6) is 0. The Labute approximate surface area is 56.3 Å². The molecule has 9 heavy (non-hydrogen) atoms. The molecular weight excluding hydrogens is 114 g/mol. The number of nitrogens with one attached hydrogen (secondary N) is 1. The predicted molar refractivity (Wildman–Crippen MR) is 40.7 cm³/mol. The summed E-state index contributed by atoms with van der Waals surface area (Å²) in [4.78, 5) is 3.97. The largest absolute Gasteiger partial charge is 0.326 e. The van der Waals surface area contributed by atoms with Crippen LogP contribution in [0.5, 0.6) is 0 Å². The second kappa shape index (κ2) is 5.72. The summed E-state index contributed by atoms with van der Waals surface area (Å²) in [6.45, 7) is 5.37. The highest BCUT2D eigenvalue weighted by Crippen LogP contribution is 1.73.